The van der Waals surface area contributed by atoms with Crippen LogP contribution >= 0.6 is 0 Å². The molecule has 1 aromatic carbocycles. The number of ether oxygens (including phenoxy) is 2. The molecule has 1 amide bonds. The van der Waals surface area contributed by atoms with E-state index in [1.54, 1.807) is 29.2 Å². The third-order valence-electron chi connectivity index (χ3n) is 5.11. The molecule has 0 saturated carbocycles. The molecular weight excluding hydrogens is 354 g/mol. The molecule has 6 nitrogen and oxygen atoms in total. The number of carbonyl (C=O) groups is 1. The molecule has 2 heterocycles. The molecule has 144 valence electrons. The summed E-state index contributed by atoms with van der Waals surface area (Å²) in [7, 11) is -2.04. The van der Waals surface area contributed by atoms with E-state index in [1.807, 2.05) is 20.8 Å². The summed E-state index contributed by atoms with van der Waals surface area (Å²) in [4.78, 5) is 14.5. The highest BCUT2D eigenvalue weighted by molar-refractivity contribution is 7.92. The van der Waals surface area contributed by atoms with Gasteiger partial charge in [0, 0.05) is 12.1 Å². The second-order valence-corrected chi connectivity index (χ2v) is 10.3. The smallest absolute Gasteiger partial charge is 0.410 e. The number of para-hydroxylation sites is 1. The van der Waals surface area contributed by atoms with Gasteiger partial charge in [0.15, 0.2) is 9.84 Å². The van der Waals surface area contributed by atoms with Gasteiger partial charge in [0.1, 0.15) is 16.2 Å². The Balaban J connectivity index is 1.81. The molecule has 2 aliphatic heterocycles. The van der Waals surface area contributed by atoms with Crippen molar-refractivity contribution in [3.63, 3.8) is 0 Å². The number of hydrogen-bond donors (Lipinski definition) is 0. The number of benzene rings is 1. The zero-order valence-corrected chi connectivity index (χ0v) is 16.6. The summed E-state index contributed by atoms with van der Waals surface area (Å²) in [5.41, 5.74) is -0.559. The van der Waals surface area contributed by atoms with Gasteiger partial charge >= 0.3 is 6.09 Å². The van der Waals surface area contributed by atoms with E-state index in [0.29, 0.717) is 18.6 Å². The number of carbonyl (C=O) groups excluding carboxylic acids is 1. The van der Waals surface area contributed by atoms with Gasteiger partial charge in [-0.1, -0.05) is 12.1 Å². The molecule has 1 unspecified atom stereocenters. The van der Waals surface area contributed by atoms with Gasteiger partial charge in [0.25, 0.3) is 0 Å². The third-order valence-corrected chi connectivity index (χ3v) is 7.32. The van der Waals surface area contributed by atoms with Crippen LogP contribution in [0.4, 0.5) is 4.79 Å². The maximum Gasteiger partial charge on any atom is 0.410 e. The van der Waals surface area contributed by atoms with Crippen molar-refractivity contribution in [1.29, 1.82) is 0 Å². The summed E-state index contributed by atoms with van der Waals surface area (Å²) in [6.07, 6.45) is 2.19. The molecule has 2 saturated heterocycles. The second-order valence-electron chi connectivity index (χ2n) is 8.06. The third kappa shape index (κ3) is 3.54. The molecule has 0 aromatic heterocycles. The molecule has 0 aliphatic carbocycles. The van der Waals surface area contributed by atoms with Crippen LogP contribution in [0.3, 0.4) is 0 Å². The molecule has 2 bridgehead atoms. The average molecular weight is 381 g/mol. The van der Waals surface area contributed by atoms with Crippen LogP contribution in [0.5, 0.6) is 5.75 Å². The topological polar surface area (TPSA) is 72.9 Å². The molecular formula is C19H27NO5S. The van der Waals surface area contributed by atoms with Gasteiger partial charge in [0.2, 0.25) is 0 Å². The van der Waals surface area contributed by atoms with Gasteiger partial charge in [-0.15, -0.1) is 0 Å². The first-order valence-electron chi connectivity index (χ1n) is 9.01. The van der Waals surface area contributed by atoms with Crippen molar-refractivity contribution in [2.45, 2.75) is 74.3 Å². The number of piperidine rings is 1. The normalized spacial score (nSPS) is 25.8. The van der Waals surface area contributed by atoms with Crippen molar-refractivity contribution >= 4 is 15.9 Å². The van der Waals surface area contributed by atoms with E-state index in [0.717, 1.165) is 12.8 Å². The predicted octanol–water partition coefficient (Wildman–Crippen LogP) is 3.40. The number of rotatable bonds is 3. The lowest BCUT2D eigenvalue weighted by Crippen LogP contribution is -2.51. The van der Waals surface area contributed by atoms with E-state index < -0.39 is 20.7 Å². The van der Waals surface area contributed by atoms with E-state index in [2.05, 4.69) is 0 Å². The number of sulfone groups is 1. The summed E-state index contributed by atoms with van der Waals surface area (Å²) in [6.45, 7) is 5.52. The van der Waals surface area contributed by atoms with Gasteiger partial charge in [-0.25, -0.2) is 13.2 Å². The lowest BCUT2D eigenvalue weighted by Gasteiger charge is -2.39. The predicted molar refractivity (Wildman–Crippen MR) is 98.1 cm³/mol. The fourth-order valence-electron chi connectivity index (χ4n) is 4.03. The molecule has 7 heteroatoms. The Hall–Kier alpha value is -1.76. The van der Waals surface area contributed by atoms with Crippen LogP contribution in [0.25, 0.3) is 0 Å². The van der Waals surface area contributed by atoms with Crippen LogP contribution in [0.1, 0.15) is 46.5 Å². The lowest BCUT2D eigenvalue weighted by atomic mass is 10.0. The van der Waals surface area contributed by atoms with Crippen molar-refractivity contribution < 1.29 is 22.7 Å². The molecule has 26 heavy (non-hydrogen) atoms. The van der Waals surface area contributed by atoms with Crippen molar-refractivity contribution in [3.8, 4) is 5.75 Å². The van der Waals surface area contributed by atoms with Crippen molar-refractivity contribution in [2.24, 2.45) is 0 Å². The fraction of sp³-hybridized carbons (Fsp3) is 0.632. The number of methoxy groups -OCH3 is 1. The number of hydrogen-bond acceptors (Lipinski definition) is 5. The van der Waals surface area contributed by atoms with Crippen LogP contribution in [-0.2, 0) is 14.6 Å². The zero-order chi connectivity index (χ0) is 19.1. The van der Waals surface area contributed by atoms with E-state index in [-0.39, 0.29) is 23.1 Å². The van der Waals surface area contributed by atoms with Gasteiger partial charge in [-0.3, -0.25) is 0 Å². The fourth-order valence-corrected chi connectivity index (χ4v) is 6.04. The van der Waals surface area contributed by atoms with E-state index >= 15 is 0 Å². The van der Waals surface area contributed by atoms with Crippen molar-refractivity contribution in [3.05, 3.63) is 24.3 Å². The summed E-state index contributed by atoms with van der Waals surface area (Å²) in [6, 6.07) is 6.55. The van der Waals surface area contributed by atoms with E-state index in [4.69, 9.17) is 9.47 Å². The first-order chi connectivity index (χ1) is 12.1. The summed E-state index contributed by atoms with van der Waals surface area (Å²) in [5.74, 6) is 0.370. The Morgan fingerprint density at radius 2 is 1.69 bits per heavy atom. The van der Waals surface area contributed by atoms with Crippen molar-refractivity contribution in [2.75, 3.05) is 7.11 Å². The highest BCUT2D eigenvalue weighted by Gasteiger charge is 2.48. The molecule has 2 fully saturated rings. The Labute approximate surface area is 155 Å². The molecule has 0 spiro atoms. The highest BCUT2D eigenvalue weighted by Crippen LogP contribution is 2.41. The summed E-state index contributed by atoms with van der Waals surface area (Å²) >= 11 is 0. The van der Waals surface area contributed by atoms with Gasteiger partial charge in [0.05, 0.1) is 12.4 Å². The Morgan fingerprint density at radius 3 is 2.23 bits per heavy atom. The molecule has 3 atom stereocenters. The van der Waals surface area contributed by atoms with Gasteiger partial charge < -0.3 is 14.4 Å². The first-order valence-corrected chi connectivity index (χ1v) is 10.6. The molecule has 0 radical (unpaired) electrons. The first kappa shape index (κ1) is 19.0. The maximum absolute atomic E-state index is 13.2. The van der Waals surface area contributed by atoms with Crippen molar-refractivity contribution in [1.82, 2.24) is 4.90 Å². The quantitative estimate of drug-likeness (QED) is 0.802. The van der Waals surface area contributed by atoms with Crippen LogP contribution in [0, 0.1) is 0 Å². The van der Waals surface area contributed by atoms with Gasteiger partial charge in [-0.2, -0.15) is 0 Å². The highest BCUT2D eigenvalue weighted by atomic mass is 32.2. The number of nitrogens with zero attached hydrogens (tertiary/aromatic N) is 1. The summed E-state index contributed by atoms with van der Waals surface area (Å²) < 4.78 is 37.1. The number of fused-ring (bicyclic) bond motifs is 2. The Bertz CT molecular complexity index is 769. The SMILES string of the molecule is COc1ccccc1S(=O)(=O)C1C[C@H]2CC[C@@H](C1)N2C(=O)OC(C)(C)C. The monoisotopic (exact) mass is 381 g/mol. The lowest BCUT2D eigenvalue weighted by molar-refractivity contribution is 0.00812. The largest absolute Gasteiger partial charge is 0.495 e. The second kappa shape index (κ2) is 6.76. The molecule has 0 N–H and O–H groups in total. The zero-order valence-electron chi connectivity index (χ0n) is 15.8. The maximum atomic E-state index is 13.2. The van der Waals surface area contributed by atoms with E-state index in [1.165, 1.54) is 7.11 Å². The van der Waals surface area contributed by atoms with Gasteiger partial charge in [-0.05, 0) is 58.6 Å². The summed E-state index contributed by atoms with van der Waals surface area (Å²) in [5, 5.41) is -0.505. The van der Waals surface area contributed by atoms with Crippen LogP contribution in [0.15, 0.2) is 29.2 Å². The van der Waals surface area contributed by atoms with E-state index in [9.17, 15) is 13.2 Å². The molecule has 3 rings (SSSR count). The minimum atomic E-state index is -3.52. The minimum absolute atomic E-state index is 0.0851. The standard InChI is InChI=1S/C19H27NO5S/c1-19(2,3)25-18(21)20-13-9-10-14(20)12-15(11-13)26(22,23)17-8-6-5-7-16(17)24-4/h5-8,13-15H,9-12H2,1-4H3/t13-,14+,15?. The van der Waals surface area contributed by atoms with Crippen LogP contribution < -0.4 is 4.74 Å². The van der Waals surface area contributed by atoms with Crippen LogP contribution in [0.2, 0.25) is 0 Å². The Kier molecular flexibility index (Phi) is 4.94. The van der Waals surface area contributed by atoms with Crippen LogP contribution in [-0.4, -0.2) is 49.5 Å². The minimum Gasteiger partial charge on any atom is -0.495 e. The molecule has 1 aromatic rings. The average Bonchev–Trinajstić information content (AvgIpc) is 2.83. The molecule has 2 aliphatic rings. The number of amides is 1. The Morgan fingerprint density at radius 1 is 1.12 bits per heavy atom.